The van der Waals surface area contributed by atoms with Gasteiger partial charge in [0, 0.05) is 62.3 Å². The van der Waals surface area contributed by atoms with Crippen molar-refractivity contribution in [2.75, 3.05) is 44.2 Å². The van der Waals surface area contributed by atoms with E-state index in [2.05, 4.69) is 25.8 Å². The van der Waals surface area contributed by atoms with Crippen molar-refractivity contribution >= 4 is 22.3 Å². The van der Waals surface area contributed by atoms with Gasteiger partial charge in [0.25, 0.3) is 0 Å². The average molecular weight is 446 g/mol. The lowest BCUT2D eigenvalue weighted by Crippen LogP contribution is -2.30. The first-order valence-corrected chi connectivity index (χ1v) is 11.5. The summed E-state index contributed by atoms with van der Waals surface area (Å²) in [7, 11) is 0. The van der Waals surface area contributed by atoms with Crippen molar-refractivity contribution in [1.82, 2.24) is 19.3 Å². The Labute approximate surface area is 191 Å². The van der Waals surface area contributed by atoms with Gasteiger partial charge in [-0.2, -0.15) is 0 Å². The van der Waals surface area contributed by atoms with E-state index in [9.17, 15) is 9.90 Å². The molecule has 2 aliphatic rings. The molecule has 2 aliphatic heterocycles. The molecular weight excluding hydrogens is 418 g/mol. The van der Waals surface area contributed by atoms with Gasteiger partial charge in [-0.05, 0) is 43.9 Å². The van der Waals surface area contributed by atoms with Crippen molar-refractivity contribution < 1.29 is 9.52 Å². The molecule has 8 nitrogen and oxygen atoms in total. The Morgan fingerprint density at radius 3 is 2.61 bits per heavy atom. The van der Waals surface area contributed by atoms with E-state index in [1.807, 2.05) is 48.8 Å². The lowest BCUT2D eigenvalue weighted by Gasteiger charge is -2.22. The second kappa shape index (κ2) is 7.67. The highest BCUT2D eigenvalue weighted by molar-refractivity contribution is 5.84. The zero-order valence-corrected chi connectivity index (χ0v) is 18.9. The van der Waals surface area contributed by atoms with Crippen molar-refractivity contribution in [2.24, 2.45) is 11.8 Å². The minimum absolute atomic E-state index is 0.222. The van der Waals surface area contributed by atoms with Gasteiger partial charge >= 0.3 is 5.63 Å². The topological polar surface area (TPSA) is 87.1 Å². The standard InChI is InChI=1S/C25H27N5O3/c1-15-9-30-14-22(27-24(30)16(2)26-15)21-7-17-3-4-20(8-23(17)33-25(21)32)29-12-18-10-28(5-6-31)11-19(18)13-29/h3-4,7-9,14,18-19,31H,5-6,10-13H2,1-2H3. The van der Waals surface area contributed by atoms with Crippen LogP contribution in [0.1, 0.15) is 11.4 Å². The van der Waals surface area contributed by atoms with Crippen LogP contribution in [0.15, 0.2) is 45.9 Å². The van der Waals surface area contributed by atoms with E-state index in [1.54, 1.807) is 0 Å². The van der Waals surface area contributed by atoms with Crippen LogP contribution in [-0.4, -0.2) is 63.7 Å². The number of β-amino-alcohol motifs (C(OH)–C–C–N with tert-alkyl or cyclic N) is 1. The number of fused-ring (bicyclic) bond motifs is 3. The fraction of sp³-hybridized carbons (Fsp3) is 0.400. The van der Waals surface area contributed by atoms with E-state index in [-0.39, 0.29) is 12.2 Å². The Hall–Kier alpha value is -3.23. The first-order chi connectivity index (χ1) is 16.0. The first-order valence-electron chi connectivity index (χ1n) is 11.5. The first kappa shape index (κ1) is 20.4. The number of hydrogen-bond acceptors (Lipinski definition) is 7. The van der Waals surface area contributed by atoms with E-state index in [0.717, 1.165) is 60.8 Å². The van der Waals surface area contributed by atoms with E-state index in [4.69, 9.17) is 4.42 Å². The number of aryl methyl sites for hydroxylation is 2. The molecule has 0 spiro atoms. The molecule has 5 heterocycles. The minimum Gasteiger partial charge on any atom is -0.422 e. The van der Waals surface area contributed by atoms with Crippen molar-refractivity contribution in [3.63, 3.8) is 0 Å². The normalized spacial score (nSPS) is 20.9. The third-order valence-electron chi connectivity index (χ3n) is 7.06. The van der Waals surface area contributed by atoms with E-state index < -0.39 is 0 Å². The van der Waals surface area contributed by atoms with Crippen LogP contribution in [0, 0.1) is 25.7 Å². The summed E-state index contributed by atoms with van der Waals surface area (Å²) >= 11 is 0. The fourth-order valence-electron chi connectivity index (χ4n) is 5.53. The molecule has 8 heteroatoms. The summed E-state index contributed by atoms with van der Waals surface area (Å²) < 4.78 is 7.67. The maximum Gasteiger partial charge on any atom is 0.345 e. The second-order valence-electron chi connectivity index (χ2n) is 9.40. The zero-order chi connectivity index (χ0) is 22.7. The van der Waals surface area contributed by atoms with Gasteiger partial charge in [-0.15, -0.1) is 0 Å². The van der Waals surface area contributed by atoms with Gasteiger partial charge in [-0.25, -0.2) is 9.78 Å². The highest BCUT2D eigenvalue weighted by atomic mass is 16.4. The molecule has 3 aromatic heterocycles. The lowest BCUT2D eigenvalue weighted by atomic mass is 10.0. The Morgan fingerprint density at radius 2 is 1.85 bits per heavy atom. The quantitative estimate of drug-likeness (QED) is 0.483. The smallest absolute Gasteiger partial charge is 0.345 e. The molecule has 1 aromatic carbocycles. The van der Waals surface area contributed by atoms with Gasteiger partial charge in [0.15, 0.2) is 5.65 Å². The molecule has 0 radical (unpaired) electrons. The fourth-order valence-corrected chi connectivity index (χ4v) is 5.53. The number of aliphatic hydroxyl groups is 1. The number of anilines is 1. The van der Waals surface area contributed by atoms with Crippen LogP contribution in [0.5, 0.6) is 0 Å². The minimum atomic E-state index is -0.386. The monoisotopic (exact) mass is 445 g/mol. The Kier molecular flexibility index (Phi) is 4.74. The lowest BCUT2D eigenvalue weighted by molar-refractivity contribution is 0.214. The van der Waals surface area contributed by atoms with Crippen molar-refractivity contribution in [3.05, 3.63) is 58.5 Å². The second-order valence-corrected chi connectivity index (χ2v) is 9.40. The average Bonchev–Trinajstić information content (AvgIpc) is 3.46. The van der Waals surface area contributed by atoms with Crippen LogP contribution in [0.3, 0.4) is 0 Å². The molecule has 0 aliphatic carbocycles. The molecule has 2 saturated heterocycles. The third-order valence-corrected chi connectivity index (χ3v) is 7.06. The summed E-state index contributed by atoms with van der Waals surface area (Å²) in [5, 5.41) is 10.1. The van der Waals surface area contributed by atoms with Gasteiger partial charge in [-0.1, -0.05) is 0 Å². The number of aromatic nitrogens is 3. The van der Waals surface area contributed by atoms with Crippen LogP contribution < -0.4 is 10.5 Å². The summed E-state index contributed by atoms with van der Waals surface area (Å²) in [6, 6.07) is 7.98. The van der Waals surface area contributed by atoms with Gasteiger partial charge < -0.3 is 23.7 Å². The summed E-state index contributed by atoms with van der Waals surface area (Å²) in [6.45, 7) is 8.91. The molecule has 2 unspecified atom stereocenters. The molecule has 0 amide bonds. The number of nitrogens with zero attached hydrogens (tertiary/aromatic N) is 5. The largest absolute Gasteiger partial charge is 0.422 e. The Morgan fingerprint density at radius 1 is 1.06 bits per heavy atom. The Balaban J connectivity index is 1.30. The van der Waals surface area contributed by atoms with Crippen LogP contribution in [0.2, 0.25) is 0 Å². The molecule has 0 saturated carbocycles. The third kappa shape index (κ3) is 3.50. The van der Waals surface area contributed by atoms with E-state index in [1.165, 1.54) is 0 Å². The molecular formula is C25H27N5O3. The molecule has 1 N–H and O–H groups in total. The molecule has 0 bridgehead atoms. The SMILES string of the molecule is Cc1cn2cc(-c3cc4ccc(N5CC6CN(CCO)CC6C5)cc4oc3=O)nc2c(C)n1. The molecule has 2 fully saturated rings. The molecule has 2 atom stereocenters. The van der Waals surface area contributed by atoms with Gasteiger partial charge in [0.2, 0.25) is 0 Å². The maximum atomic E-state index is 12.9. The molecule has 6 rings (SSSR count). The maximum absolute atomic E-state index is 12.9. The molecule has 33 heavy (non-hydrogen) atoms. The van der Waals surface area contributed by atoms with Crippen molar-refractivity contribution in [2.45, 2.75) is 13.8 Å². The summed E-state index contributed by atoms with van der Waals surface area (Å²) in [4.78, 5) is 26.7. The van der Waals surface area contributed by atoms with Crippen LogP contribution in [0.25, 0.3) is 27.9 Å². The molecule has 4 aromatic rings. The number of aliphatic hydroxyl groups excluding tert-OH is 1. The molecule has 170 valence electrons. The predicted molar refractivity (Wildman–Crippen MR) is 127 cm³/mol. The summed E-state index contributed by atoms with van der Waals surface area (Å²) in [5.74, 6) is 1.25. The number of rotatable bonds is 4. The van der Waals surface area contributed by atoms with Gasteiger partial charge in [-0.3, -0.25) is 4.98 Å². The van der Waals surface area contributed by atoms with Crippen molar-refractivity contribution in [3.8, 4) is 11.3 Å². The van der Waals surface area contributed by atoms with E-state index in [0.29, 0.717) is 28.7 Å². The van der Waals surface area contributed by atoms with Crippen LogP contribution in [0.4, 0.5) is 5.69 Å². The number of likely N-dealkylation sites (tertiary alicyclic amines) is 1. The van der Waals surface area contributed by atoms with Gasteiger partial charge in [0.1, 0.15) is 5.58 Å². The highest BCUT2D eigenvalue weighted by Crippen LogP contribution is 2.35. The Bertz CT molecular complexity index is 1410. The zero-order valence-electron chi connectivity index (χ0n) is 18.9. The van der Waals surface area contributed by atoms with Crippen LogP contribution >= 0.6 is 0 Å². The number of benzene rings is 1. The summed E-state index contributed by atoms with van der Waals surface area (Å²) in [5.41, 5.74) is 4.80. The van der Waals surface area contributed by atoms with Gasteiger partial charge in [0.05, 0.1) is 29.3 Å². The van der Waals surface area contributed by atoms with Crippen LogP contribution in [-0.2, 0) is 0 Å². The predicted octanol–water partition coefficient (Wildman–Crippen LogP) is 2.48. The van der Waals surface area contributed by atoms with Crippen molar-refractivity contribution in [1.29, 1.82) is 0 Å². The van der Waals surface area contributed by atoms with E-state index >= 15 is 0 Å². The summed E-state index contributed by atoms with van der Waals surface area (Å²) in [6.07, 6.45) is 3.76. The number of imidazole rings is 1. The number of hydrogen-bond donors (Lipinski definition) is 1. The highest BCUT2D eigenvalue weighted by Gasteiger charge is 2.39.